The number of rotatable bonds is 3. The molecule has 0 atom stereocenters. The number of benzene rings is 1. The number of anilines is 1. The van der Waals surface area contributed by atoms with E-state index < -0.39 is 15.5 Å². The molecule has 1 aromatic heterocycles. The Balaban J connectivity index is 2.41. The minimum Gasteiger partial charge on any atom is -0.365 e. The van der Waals surface area contributed by atoms with Crippen LogP contribution >= 0.6 is 15.9 Å². The number of aromatic nitrogens is 1. The summed E-state index contributed by atoms with van der Waals surface area (Å²) in [5, 5.41) is 0. The van der Waals surface area contributed by atoms with Gasteiger partial charge in [0, 0.05) is 12.4 Å². The maximum Gasteiger partial charge on any atom is 0.262 e. The van der Waals surface area contributed by atoms with Crippen molar-refractivity contribution in [2.45, 2.75) is 4.90 Å². The number of pyridine rings is 1. The minimum atomic E-state index is -3.74. The highest BCUT2D eigenvalue weighted by molar-refractivity contribution is 9.10. The van der Waals surface area contributed by atoms with Crippen LogP contribution in [-0.2, 0) is 10.0 Å². The number of hydrogen-bond donors (Lipinski definition) is 2. The maximum atomic E-state index is 12.0. The lowest BCUT2D eigenvalue weighted by molar-refractivity contribution is 0.601. The van der Waals surface area contributed by atoms with Gasteiger partial charge in [-0.15, -0.1) is 0 Å². The Bertz CT molecular complexity index is 711. The third-order valence-electron chi connectivity index (χ3n) is 2.20. The molecular formula is C11H9BrN2O3S. The number of halogens is 1. The first kappa shape index (κ1) is 12.8. The molecule has 0 radical (unpaired) electrons. The quantitative estimate of drug-likeness (QED) is 0.903. The highest BCUT2D eigenvalue weighted by Gasteiger charge is 2.15. The zero-order chi connectivity index (χ0) is 13.2. The zero-order valence-electron chi connectivity index (χ0n) is 9.05. The molecule has 94 valence electrons. The van der Waals surface area contributed by atoms with Gasteiger partial charge in [0.15, 0.2) is 0 Å². The van der Waals surface area contributed by atoms with Crippen molar-refractivity contribution in [3.05, 3.63) is 57.4 Å². The van der Waals surface area contributed by atoms with Gasteiger partial charge in [-0.3, -0.25) is 9.52 Å². The normalized spacial score (nSPS) is 11.2. The van der Waals surface area contributed by atoms with Gasteiger partial charge in [-0.2, -0.15) is 0 Å². The second-order valence-corrected chi connectivity index (χ2v) is 6.00. The maximum absolute atomic E-state index is 12.0. The van der Waals surface area contributed by atoms with E-state index in [0.29, 0.717) is 0 Å². The standard InChI is InChI=1S/C11H9BrN2O3S/c12-9-6-13-7-10(11(9)15)14-18(16,17)8-4-2-1-3-5-8/h1-7,14H,(H,13,15). The van der Waals surface area contributed by atoms with Gasteiger partial charge in [-0.05, 0) is 28.1 Å². The summed E-state index contributed by atoms with van der Waals surface area (Å²) in [5.41, 5.74) is -0.457. The van der Waals surface area contributed by atoms with Gasteiger partial charge in [0.1, 0.15) is 5.69 Å². The van der Waals surface area contributed by atoms with E-state index in [1.54, 1.807) is 18.2 Å². The van der Waals surface area contributed by atoms with Gasteiger partial charge in [0.2, 0.25) is 5.43 Å². The van der Waals surface area contributed by atoms with Gasteiger partial charge in [0.05, 0.1) is 9.37 Å². The molecule has 0 spiro atoms. The molecule has 2 N–H and O–H groups in total. The van der Waals surface area contributed by atoms with E-state index >= 15 is 0 Å². The Morgan fingerprint density at radius 1 is 1.11 bits per heavy atom. The van der Waals surface area contributed by atoms with Gasteiger partial charge < -0.3 is 4.98 Å². The SMILES string of the molecule is O=c1c(Br)c[nH]cc1NS(=O)(=O)c1ccccc1. The molecule has 0 aliphatic carbocycles. The molecule has 0 fully saturated rings. The molecule has 0 aliphatic rings. The molecule has 0 saturated heterocycles. The van der Waals surface area contributed by atoms with Crippen LogP contribution in [0.15, 0.2) is 56.9 Å². The minimum absolute atomic E-state index is 0.0340. The van der Waals surface area contributed by atoms with Gasteiger partial charge in [-0.25, -0.2) is 8.42 Å². The third-order valence-corrected chi connectivity index (χ3v) is 4.17. The van der Waals surface area contributed by atoms with Crippen molar-refractivity contribution in [3.8, 4) is 0 Å². The van der Waals surface area contributed by atoms with Crippen LogP contribution in [-0.4, -0.2) is 13.4 Å². The summed E-state index contributed by atoms with van der Waals surface area (Å²) in [6.07, 6.45) is 2.73. The van der Waals surface area contributed by atoms with Crippen LogP contribution in [0.5, 0.6) is 0 Å². The molecule has 2 aromatic rings. The second kappa shape index (κ2) is 4.95. The van der Waals surface area contributed by atoms with Crippen LogP contribution < -0.4 is 10.2 Å². The van der Waals surface area contributed by atoms with E-state index in [2.05, 4.69) is 25.6 Å². The predicted molar refractivity (Wildman–Crippen MR) is 72.0 cm³/mol. The summed E-state index contributed by atoms with van der Waals surface area (Å²) in [4.78, 5) is 14.5. The van der Waals surface area contributed by atoms with Crippen LogP contribution in [0.1, 0.15) is 0 Å². The molecule has 0 saturated carbocycles. The van der Waals surface area contributed by atoms with E-state index in [1.165, 1.54) is 24.5 Å². The summed E-state index contributed by atoms with van der Waals surface area (Å²) >= 11 is 3.03. The van der Waals surface area contributed by atoms with Crippen molar-refractivity contribution in [2.75, 3.05) is 4.72 Å². The van der Waals surface area contributed by atoms with E-state index in [4.69, 9.17) is 0 Å². The Morgan fingerprint density at radius 2 is 1.78 bits per heavy atom. The first-order valence-electron chi connectivity index (χ1n) is 4.95. The molecule has 0 amide bonds. The molecule has 0 bridgehead atoms. The first-order valence-corrected chi connectivity index (χ1v) is 7.23. The molecule has 18 heavy (non-hydrogen) atoms. The lowest BCUT2D eigenvalue weighted by Crippen LogP contribution is -2.19. The van der Waals surface area contributed by atoms with E-state index in [1.807, 2.05) is 0 Å². The number of nitrogens with one attached hydrogen (secondary N) is 2. The fourth-order valence-corrected chi connectivity index (χ4v) is 2.76. The molecule has 0 unspecified atom stereocenters. The van der Waals surface area contributed by atoms with E-state index in [9.17, 15) is 13.2 Å². The molecule has 2 rings (SSSR count). The highest BCUT2D eigenvalue weighted by atomic mass is 79.9. The second-order valence-electron chi connectivity index (χ2n) is 3.46. The summed E-state index contributed by atoms with van der Waals surface area (Å²) in [7, 11) is -3.74. The molecule has 7 heteroatoms. The van der Waals surface area contributed by atoms with Gasteiger partial charge >= 0.3 is 0 Å². The number of hydrogen-bond acceptors (Lipinski definition) is 3. The van der Waals surface area contributed by atoms with Crippen molar-refractivity contribution >= 4 is 31.6 Å². The van der Waals surface area contributed by atoms with Crippen LogP contribution in [0, 0.1) is 0 Å². The highest BCUT2D eigenvalue weighted by Crippen LogP contribution is 2.13. The zero-order valence-corrected chi connectivity index (χ0v) is 11.5. The van der Waals surface area contributed by atoms with Crippen molar-refractivity contribution in [1.82, 2.24) is 4.98 Å². The lowest BCUT2D eigenvalue weighted by atomic mass is 10.4. The summed E-state index contributed by atoms with van der Waals surface area (Å²) in [6, 6.07) is 7.84. The third kappa shape index (κ3) is 2.62. The fourth-order valence-electron chi connectivity index (χ4n) is 1.34. The predicted octanol–water partition coefficient (Wildman–Crippen LogP) is 1.94. The Labute approximate surface area is 112 Å². The number of sulfonamides is 1. The summed E-state index contributed by atoms with van der Waals surface area (Å²) in [5.74, 6) is 0. The fraction of sp³-hybridized carbons (Fsp3) is 0. The van der Waals surface area contributed by atoms with Crippen LogP contribution in [0.2, 0.25) is 0 Å². The molecule has 1 aromatic carbocycles. The summed E-state index contributed by atoms with van der Waals surface area (Å²) < 4.78 is 26.5. The molecular weight excluding hydrogens is 320 g/mol. The van der Waals surface area contributed by atoms with Crippen LogP contribution in [0.3, 0.4) is 0 Å². The van der Waals surface area contributed by atoms with Crippen molar-refractivity contribution < 1.29 is 8.42 Å². The smallest absolute Gasteiger partial charge is 0.262 e. The van der Waals surface area contributed by atoms with Gasteiger partial charge in [-0.1, -0.05) is 18.2 Å². The lowest BCUT2D eigenvalue weighted by Gasteiger charge is -2.07. The van der Waals surface area contributed by atoms with E-state index in [-0.39, 0.29) is 15.1 Å². The monoisotopic (exact) mass is 328 g/mol. The topological polar surface area (TPSA) is 79.0 Å². The number of H-pyrrole nitrogens is 1. The van der Waals surface area contributed by atoms with Crippen molar-refractivity contribution in [1.29, 1.82) is 0 Å². The average Bonchev–Trinajstić information content (AvgIpc) is 2.36. The number of aromatic amines is 1. The Morgan fingerprint density at radius 3 is 2.44 bits per heavy atom. The molecule has 1 heterocycles. The van der Waals surface area contributed by atoms with Gasteiger partial charge in [0.25, 0.3) is 10.0 Å². The summed E-state index contributed by atoms with van der Waals surface area (Å²) in [6.45, 7) is 0. The van der Waals surface area contributed by atoms with Crippen LogP contribution in [0.25, 0.3) is 0 Å². The Kier molecular flexibility index (Phi) is 3.53. The van der Waals surface area contributed by atoms with Crippen molar-refractivity contribution in [2.24, 2.45) is 0 Å². The first-order chi connectivity index (χ1) is 8.50. The van der Waals surface area contributed by atoms with Crippen molar-refractivity contribution in [3.63, 3.8) is 0 Å². The van der Waals surface area contributed by atoms with Crippen LogP contribution in [0.4, 0.5) is 5.69 Å². The largest absolute Gasteiger partial charge is 0.365 e. The molecule has 5 nitrogen and oxygen atoms in total. The Hall–Kier alpha value is -1.60. The average molecular weight is 329 g/mol. The van der Waals surface area contributed by atoms with E-state index in [0.717, 1.165) is 0 Å². The molecule has 0 aliphatic heterocycles.